The lowest BCUT2D eigenvalue weighted by Gasteiger charge is -2.29. The Morgan fingerprint density at radius 2 is 1.81 bits per heavy atom. The van der Waals surface area contributed by atoms with E-state index in [-0.39, 0.29) is 10.8 Å². The second kappa shape index (κ2) is 10.1. The van der Waals surface area contributed by atoms with Gasteiger partial charge >= 0.3 is 0 Å². The van der Waals surface area contributed by atoms with Gasteiger partial charge in [-0.05, 0) is 83.1 Å². The summed E-state index contributed by atoms with van der Waals surface area (Å²) in [5.41, 5.74) is 1.01. The molecule has 1 aliphatic heterocycles. The van der Waals surface area contributed by atoms with Crippen molar-refractivity contribution in [3.8, 4) is 5.75 Å². The van der Waals surface area contributed by atoms with Crippen LogP contribution in [0.2, 0.25) is 0 Å². The Kier molecular flexibility index (Phi) is 7.78. The maximum atomic E-state index is 12.8. The number of rotatable bonds is 7. The lowest BCUT2D eigenvalue weighted by molar-refractivity contribution is 0.102. The maximum absolute atomic E-state index is 12.8. The molecule has 1 aliphatic rings. The number of nitrogens with zero attached hydrogens (tertiary/aromatic N) is 1. The van der Waals surface area contributed by atoms with Gasteiger partial charge in [-0.1, -0.05) is 20.8 Å². The number of ether oxygens (including phenoxy) is 1. The largest absolute Gasteiger partial charge is 0.492 e. The van der Waals surface area contributed by atoms with E-state index < -0.39 is 10.0 Å². The Balaban J connectivity index is 1.65. The first kappa shape index (κ1) is 23.8. The summed E-state index contributed by atoms with van der Waals surface area (Å²) >= 11 is 3.45. The zero-order chi connectivity index (χ0) is 22.6. The minimum atomic E-state index is -3.50. The van der Waals surface area contributed by atoms with E-state index in [1.165, 1.54) is 0 Å². The fraction of sp³-hybridized carbons (Fsp3) is 0.435. The van der Waals surface area contributed by atoms with Crippen molar-refractivity contribution >= 4 is 37.5 Å². The summed E-state index contributed by atoms with van der Waals surface area (Å²) in [4.78, 5) is 12.8. The summed E-state index contributed by atoms with van der Waals surface area (Å²) in [7, 11) is -3.50. The normalized spacial score (nSPS) is 15.8. The van der Waals surface area contributed by atoms with Crippen LogP contribution in [0.5, 0.6) is 5.75 Å². The van der Waals surface area contributed by atoms with E-state index in [1.807, 2.05) is 0 Å². The molecule has 31 heavy (non-hydrogen) atoms. The van der Waals surface area contributed by atoms with Gasteiger partial charge in [0.15, 0.2) is 0 Å². The van der Waals surface area contributed by atoms with Crippen LogP contribution >= 0.6 is 15.9 Å². The predicted octanol–water partition coefficient (Wildman–Crippen LogP) is 5.16. The van der Waals surface area contributed by atoms with E-state index >= 15 is 0 Å². The minimum Gasteiger partial charge on any atom is -0.492 e. The molecule has 0 aromatic heterocycles. The number of halogens is 1. The molecule has 0 saturated carbocycles. The number of anilines is 1. The number of piperidine rings is 1. The van der Waals surface area contributed by atoms with Crippen molar-refractivity contribution in [2.75, 3.05) is 25.0 Å². The Morgan fingerprint density at radius 3 is 2.39 bits per heavy atom. The molecule has 0 aliphatic carbocycles. The SMILES string of the molecule is CC(C)COc1ccc(C(=O)Nc2ccc(S(=O)(=O)N3CCC(C)CC3)cc2)cc1Br. The zero-order valence-electron chi connectivity index (χ0n) is 18.1. The predicted molar refractivity (Wildman–Crippen MR) is 126 cm³/mol. The van der Waals surface area contributed by atoms with Crippen molar-refractivity contribution in [2.45, 2.75) is 38.5 Å². The Hall–Kier alpha value is -1.90. The highest BCUT2D eigenvalue weighted by molar-refractivity contribution is 9.10. The summed E-state index contributed by atoms with van der Waals surface area (Å²) in [5, 5.41) is 2.81. The van der Waals surface area contributed by atoms with Crippen LogP contribution in [0, 0.1) is 11.8 Å². The second-order valence-electron chi connectivity index (χ2n) is 8.42. The quantitative estimate of drug-likeness (QED) is 0.560. The number of nitrogens with one attached hydrogen (secondary N) is 1. The smallest absolute Gasteiger partial charge is 0.255 e. The summed E-state index contributed by atoms with van der Waals surface area (Å²) in [6.45, 7) is 7.97. The summed E-state index contributed by atoms with van der Waals surface area (Å²) in [6.07, 6.45) is 1.76. The van der Waals surface area contributed by atoms with E-state index in [1.54, 1.807) is 46.8 Å². The molecule has 6 nitrogen and oxygen atoms in total. The average Bonchev–Trinajstić information content (AvgIpc) is 2.73. The molecule has 1 amide bonds. The topological polar surface area (TPSA) is 75.7 Å². The molecular formula is C23H29BrN2O4S. The molecule has 2 aromatic carbocycles. The number of hydrogen-bond acceptors (Lipinski definition) is 4. The third-order valence-electron chi connectivity index (χ3n) is 5.26. The van der Waals surface area contributed by atoms with Crippen molar-refractivity contribution in [1.82, 2.24) is 4.31 Å². The van der Waals surface area contributed by atoms with Crippen LogP contribution in [0.1, 0.15) is 44.0 Å². The van der Waals surface area contributed by atoms with E-state index in [2.05, 4.69) is 42.0 Å². The van der Waals surface area contributed by atoms with Gasteiger partial charge < -0.3 is 10.1 Å². The van der Waals surface area contributed by atoms with Gasteiger partial charge in [0.05, 0.1) is 16.0 Å². The van der Waals surface area contributed by atoms with Gasteiger partial charge in [-0.2, -0.15) is 4.31 Å². The first-order valence-corrected chi connectivity index (χ1v) is 12.7. The number of benzene rings is 2. The number of amides is 1. The zero-order valence-corrected chi connectivity index (χ0v) is 20.5. The molecule has 0 atom stereocenters. The summed E-state index contributed by atoms with van der Waals surface area (Å²) in [6, 6.07) is 11.5. The van der Waals surface area contributed by atoms with E-state index in [0.717, 1.165) is 12.8 Å². The highest BCUT2D eigenvalue weighted by Gasteiger charge is 2.27. The van der Waals surface area contributed by atoms with Crippen LogP contribution in [-0.4, -0.2) is 38.3 Å². The first-order valence-electron chi connectivity index (χ1n) is 10.5. The number of hydrogen-bond donors (Lipinski definition) is 1. The Labute approximate surface area is 193 Å². The van der Waals surface area contributed by atoms with Gasteiger partial charge in [-0.25, -0.2) is 8.42 Å². The number of carbonyl (C=O) groups is 1. The van der Waals surface area contributed by atoms with Gasteiger partial charge in [0.1, 0.15) is 5.75 Å². The van der Waals surface area contributed by atoms with Crippen LogP contribution in [0.3, 0.4) is 0 Å². The summed E-state index contributed by atoms with van der Waals surface area (Å²) < 4.78 is 33.6. The van der Waals surface area contributed by atoms with Gasteiger partial charge in [0.2, 0.25) is 10.0 Å². The lowest BCUT2D eigenvalue weighted by atomic mass is 10.0. The second-order valence-corrected chi connectivity index (χ2v) is 11.2. The molecule has 1 N–H and O–H groups in total. The van der Waals surface area contributed by atoms with E-state index in [4.69, 9.17) is 4.74 Å². The maximum Gasteiger partial charge on any atom is 0.255 e. The molecule has 0 bridgehead atoms. The summed E-state index contributed by atoms with van der Waals surface area (Å²) in [5.74, 6) is 1.36. The van der Waals surface area contributed by atoms with Crippen molar-refractivity contribution < 1.29 is 17.9 Å². The third kappa shape index (κ3) is 6.08. The molecule has 0 radical (unpaired) electrons. The van der Waals surface area contributed by atoms with Crippen LogP contribution in [0.15, 0.2) is 51.8 Å². The fourth-order valence-electron chi connectivity index (χ4n) is 3.30. The molecule has 0 spiro atoms. The van der Waals surface area contributed by atoms with Crippen LogP contribution < -0.4 is 10.1 Å². The molecule has 8 heteroatoms. The van der Waals surface area contributed by atoms with Gasteiger partial charge in [0, 0.05) is 24.3 Å². The van der Waals surface area contributed by atoms with Gasteiger partial charge in [-0.15, -0.1) is 0 Å². The van der Waals surface area contributed by atoms with Crippen molar-refractivity contribution in [1.29, 1.82) is 0 Å². The molecule has 3 rings (SSSR count). The van der Waals surface area contributed by atoms with Gasteiger partial charge in [0.25, 0.3) is 5.91 Å². The number of sulfonamides is 1. The lowest BCUT2D eigenvalue weighted by Crippen LogP contribution is -2.37. The number of carbonyl (C=O) groups excluding carboxylic acids is 1. The molecule has 1 saturated heterocycles. The average molecular weight is 509 g/mol. The monoisotopic (exact) mass is 508 g/mol. The first-order chi connectivity index (χ1) is 14.7. The minimum absolute atomic E-state index is 0.245. The Morgan fingerprint density at radius 1 is 1.16 bits per heavy atom. The standard InChI is InChI=1S/C23H29BrN2O4S/c1-16(2)15-30-22-9-4-18(14-21(22)24)23(27)25-19-5-7-20(8-6-19)31(28,29)26-12-10-17(3)11-13-26/h4-9,14,16-17H,10-13,15H2,1-3H3,(H,25,27). The fourth-order valence-corrected chi connectivity index (χ4v) is 5.27. The highest BCUT2D eigenvalue weighted by atomic mass is 79.9. The molecule has 2 aromatic rings. The van der Waals surface area contributed by atoms with Crippen LogP contribution in [0.4, 0.5) is 5.69 Å². The molecular weight excluding hydrogens is 480 g/mol. The van der Waals surface area contributed by atoms with Crippen molar-refractivity contribution in [2.24, 2.45) is 11.8 Å². The van der Waals surface area contributed by atoms with E-state index in [9.17, 15) is 13.2 Å². The van der Waals surface area contributed by atoms with Crippen molar-refractivity contribution in [3.63, 3.8) is 0 Å². The van der Waals surface area contributed by atoms with Crippen LogP contribution in [-0.2, 0) is 10.0 Å². The van der Waals surface area contributed by atoms with E-state index in [0.29, 0.717) is 53.0 Å². The molecule has 168 valence electrons. The molecule has 1 fully saturated rings. The Bertz CT molecular complexity index is 1010. The van der Waals surface area contributed by atoms with Crippen molar-refractivity contribution in [3.05, 3.63) is 52.5 Å². The van der Waals surface area contributed by atoms with Crippen LogP contribution in [0.25, 0.3) is 0 Å². The molecule has 1 heterocycles. The van der Waals surface area contributed by atoms with Gasteiger partial charge in [-0.3, -0.25) is 4.79 Å². The third-order valence-corrected chi connectivity index (χ3v) is 7.79. The molecule has 0 unspecified atom stereocenters. The highest BCUT2D eigenvalue weighted by Crippen LogP contribution is 2.27.